The fraction of sp³-hybridized carbons (Fsp3) is 0.167. The lowest BCUT2D eigenvalue weighted by Gasteiger charge is -2.32. The minimum Gasteiger partial charge on any atom is -0.497 e. The van der Waals surface area contributed by atoms with E-state index < -0.39 is 39.9 Å². The van der Waals surface area contributed by atoms with E-state index in [1.54, 1.807) is 22.9 Å². The number of halogens is 1. The largest absolute Gasteiger partial charge is 0.497 e. The number of ketones is 1. The van der Waals surface area contributed by atoms with Crippen LogP contribution in [0.5, 0.6) is 23.0 Å². The van der Waals surface area contributed by atoms with E-state index in [0.29, 0.717) is 22.8 Å². The lowest BCUT2D eigenvalue weighted by atomic mass is 9.93. The highest BCUT2D eigenvalue weighted by molar-refractivity contribution is 7.90. The number of nitrogens with one attached hydrogen (secondary N) is 1. The lowest BCUT2D eigenvalue weighted by Crippen LogP contribution is -2.43. The first kappa shape index (κ1) is 23.4. The van der Waals surface area contributed by atoms with Crippen LogP contribution >= 0.6 is 0 Å². The smallest absolute Gasteiger partial charge is 0.422 e. The van der Waals surface area contributed by atoms with Crippen molar-refractivity contribution in [2.75, 3.05) is 13.9 Å². The Morgan fingerprint density at radius 2 is 1.75 bits per heavy atom. The van der Waals surface area contributed by atoms with Gasteiger partial charge in [-0.1, -0.05) is 6.07 Å². The monoisotopic (exact) mass is 515 g/mol. The van der Waals surface area contributed by atoms with Crippen molar-refractivity contribution in [3.8, 4) is 23.0 Å². The molecule has 3 aromatic rings. The molecule has 2 atom stereocenters. The molecule has 0 radical (unpaired) electrons. The molecule has 2 heterocycles. The van der Waals surface area contributed by atoms with Crippen LogP contribution in [0.25, 0.3) is 0 Å². The zero-order chi connectivity index (χ0) is 25.4. The van der Waals surface area contributed by atoms with Gasteiger partial charge >= 0.3 is 6.09 Å². The molecular weight excluding hydrogens is 497 g/mol. The number of rotatable bonds is 5. The van der Waals surface area contributed by atoms with Crippen LogP contribution in [-0.4, -0.2) is 40.3 Å². The highest BCUT2D eigenvalue weighted by atomic mass is 32.2. The Morgan fingerprint density at radius 1 is 1.00 bits per heavy atom. The molecule has 36 heavy (non-hydrogen) atoms. The zero-order valence-corrected chi connectivity index (χ0v) is 19.4. The van der Waals surface area contributed by atoms with Crippen LogP contribution in [-0.2, 0) is 14.8 Å². The average molecular weight is 515 g/mol. The second-order valence-electron chi connectivity index (χ2n) is 7.76. The summed E-state index contributed by atoms with van der Waals surface area (Å²) in [7, 11) is -2.94. The molecule has 0 bridgehead atoms. The number of sulfonamides is 1. The number of amides is 1. The fourth-order valence-corrected chi connectivity index (χ4v) is 4.67. The molecule has 0 aromatic heterocycles. The minimum absolute atomic E-state index is 0.0207. The van der Waals surface area contributed by atoms with E-state index in [-0.39, 0.29) is 23.0 Å². The van der Waals surface area contributed by atoms with Gasteiger partial charge in [-0.15, -0.1) is 0 Å². The van der Waals surface area contributed by atoms with Crippen LogP contribution in [0, 0.1) is 5.82 Å². The molecule has 0 unspecified atom stereocenters. The standard InChI is InChI=1S/C24H18FNO9S/c1-31-15-5-8-17-19(11-15)34-22(13-2-9-18-20(10-13)33-12-32-18)23(21(17)27)35-24(28)26-36(29,30)16-6-3-14(25)4-7-16/h2-11,22-23H,12H2,1H3,(H,26,28)/t22-,23+/m1/s1. The molecule has 186 valence electrons. The Balaban J connectivity index is 1.46. The molecule has 2 aliphatic rings. The molecule has 3 aromatic carbocycles. The van der Waals surface area contributed by atoms with E-state index >= 15 is 0 Å². The van der Waals surface area contributed by atoms with Gasteiger partial charge in [0.15, 0.2) is 17.6 Å². The number of fused-ring (bicyclic) bond motifs is 2. The Morgan fingerprint density at radius 3 is 2.50 bits per heavy atom. The summed E-state index contributed by atoms with van der Waals surface area (Å²) in [6, 6.07) is 13.1. The number of hydrogen-bond donors (Lipinski definition) is 1. The van der Waals surface area contributed by atoms with Crippen molar-refractivity contribution >= 4 is 21.9 Å². The highest BCUT2D eigenvalue weighted by Gasteiger charge is 2.42. The second kappa shape index (κ2) is 9.04. The normalized spacial score (nSPS) is 18.1. The summed E-state index contributed by atoms with van der Waals surface area (Å²) >= 11 is 0. The number of carbonyl (C=O) groups is 2. The van der Waals surface area contributed by atoms with Gasteiger partial charge in [-0.2, -0.15) is 0 Å². The minimum atomic E-state index is -4.40. The molecule has 0 aliphatic carbocycles. The summed E-state index contributed by atoms with van der Waals surface area (Å²) in [6.45, 7) is 0.0207. The molecule has 0 spiro atoms. The predicted octanol–water partition coefficient (Wildman–Crippen LogP) is 3.36. The number of ether oxygens (including phenoxy) is 5. The van der Waals surface area contributed by atoms with E-state index in [4.69, 9.17) is 23.7 Å². The predicted molar refractivity (Wildman–Crippen MR) is 120 cm³/mol. The molecule has 1 amide bonds. The van der Waals surface area contributed by atoms with Crippen molar-refractivity contribution in [1.29, 1.82) is 0 Å². The third-order valence-electron chi connectivity index (χ3n) is 5.54. The number of Topliss-reactive ketones (excluding diaryl/α,β-unsaturated/α-hetero) is 1. The maximum Gasteiger partial charge on any atom is 0.422 e. The topological polar surface area (TPSA) is 126 Å². The van der Waals surface area contributed by atoms with Gasteiger partial charge < -0.3 is 23.7 Å². The van der Waals surface area contributed by atoms with Crippen LogP contribution < -0.4 is 23.7 Å². The van der Waals surface area contributed by atoms with Crippen molar-refractivity contribution < 1.29 is 46.1 Å². The Bertz CT molecular complexity index is 1460. The maximum absolute atomic E-state index is 13.4. The quantitative estimate of drug-likeness (QED) is 0.544. The first-order valence-electron chi connectivity index (χ1n) is 10.5. The summed E-state index contributed by atoms with van der Waals surface area (Å²) in [5.74, 6) is 0.263. The van der Waals surface area contributed by atoms with Gasteiger partial charge in [0, 0.05) is 11.6 Å². The summed E-state index contributed by atoms with van der Waals surface area (Å²) in [6.07, 6.45) is -4.11. The van der Waals surface area contributed by atoms with Gasteiger partial charge in [-0.25, -0.2) is 22.3 Å². The number of methoxy groups -OCH3 is 1. The van der Waals surface area contributed by atoms with Gasteiger partial charge in [0.1, 0.15) is 17.3 Å². The van der Waals surface area contributed by atoms with E-state index in [9.17, 15) is 22.4 Å². The van der Waals surface area contributed by atoms with Gasteiger partial charge in [0.2, 0.25) is 18.7 Å². The highest BCUT2D eigenvalue weighted by Crippen LogP contribution is 2.41. The van der Waals surface area contributed by atoms with Crippen LogP contribution in [0.1, 0.15) is 22.0 Å². The van der Waals surface area contributed by atoms with E-state index in [1.807, 2.05) is 0 Å². The summed E-state index contributed by atoms with van der Waals surface area (Å²) in [4.78, 5) is 25.6. The first-order chi connectivity index (χ1) is 17.2. The SMILES string of the molecule is COc1ccc2c(c1)O[C@H](c1ccc3c(c1)OCO3)[C@@H](OC(=O)NS(=O)(=O)c1ccc(F)cc1)C2=O. The number of carbonyl (C=O) groups excluding carboxylic acids is 2. The zero-order valence-electron chi connectivity index (χ0n) is 18.6. The average Bonchev–Trinajstić information content (AvgIpc) is 3.33. The number of benzene rings is 3. The molecular formula is C24H18FNO9S. The molecule has 0 saturated carbocycles. The van der Waals surface area contributed by atoms with Gasteiger partial charge in [-0.3, -0.25) is 4.79 Å². The Kier molecular flexibility index (Phi) is 5.88. The number of hydrogen-bond acceptors (Lipinski definition) is 9. The van der Waals surface area contributed by atoms with Crippen molar-refractivity contribution in [3.05, 3.63) is 77.6 Å². The maximum atomic E-state index is 13.4. The molecule has 0 fully saturated rings. The van der Waals surface area contributed by atoms with E-state index in [1.165, 1.54) is 25.3 Å². The first-order valence-corrected chi connectivity index (χ1v) is 12.0. The van der Waals surface area contributed by atoms with Crippen molar-refractivity contribution in [2.24, 2.45) is 0 Å². The lowest BCUT2D eigenvalue weighted by molar-refractivity contribution is 0.0106. The van der Waals surface area contributed by atoms with Crippen molar-refractivity contribution in [1.82, 2.24) is 4.72 Å². The summed E-state index contributed by atoms with van der Waals surface area (Å²) in [5, 5.41) is 0. The Hall–Kier alpha value is -4.32. The fourth-order valence-electron chi connectivity index (χ4n) is 3.79. The van der Waals surface area contributed by atoms with Crippen LogP contribution in [0.3, 0.4) is 0 Å². The third kappa shape index (κ3) is 4.38. The van der Waals surface area contributed by atoms with Crippen LogP contribution in [0.4, 0.5) is 9.18 Å². The summed E-state index contributed by atoms with van der Waals surface area (Å²) in [5.41, 5.74) is 0.534. The van der Waals surface area contributed by atoms with Crippen molar-refractivity contribution in [2.45, 2.75) is 17.1 Å². The molecule has 1 N–H and O–H groups in total. The molecule has 0 saturated heterocycles. The molecule has 10 nitrogen and oxygen atoms in total. The van der Waals surface area contributed by atoms with Gasteiger partial charge in [0.25, 0.3) is 10.0 Å². The van der Waals surface area contributed by atoms with Crippen LogP contribution in [0.2, 0.25) is 0 Å². The molecule has 2 aliphatic heterocycles. The van der Waals surface area contributed by atoms with Gasteiger partial charge in [-0.05, 0) is 48.5 Å². The van der Waals surface area contributed by atoms with Gasteiger partial charge in [0.05, 0.1) is 17.6 Å². The molecule has 5 rings (SSSR count). The van der Waals surface area contributed by atoms with E-state index in [0.717, 1.165) is 24.3 Å². The summed E-state index contributed by atoms with van der Waals surface area (Å²) < 4.78 is 67.2. The molecule has 12 heteroatoms. The van der Waals surface area contributed by atoms with Crippen LogP contribution in [0.15, 0.2) is 65.6 Å². The Labute approximate surface area is 204 Å². The van der Waals surface area contributed by atoms with Crippen molar-refractivity contribution in [3.63, 3.8) is 0 Å². The van der Waals surface area contributed by atoms with E-state index in [2.05, 4.69) is 0 Å². The second-order valence-corrected chi connectivity index (χ2v) is 9.45. The third-order valence-corrected chi connectivity index (χ3v) is 6.87.